The molecule has 3 N–H and O–H groups in total. The second-order valence-electron chi connectivity index (χ2n) is 13.5. The molecule has 0 bridgehead atoms. The number of nitrogens with one attached hydrogen (secondary N) is 3. The van der Waals surface area contributed by atoms with Gasteiger partial charge in [-0.15, -0.1) is 0 Å². The molecule has 2 heterocycles. The number of aromatic nitrogens is 2. The van der Waals surface area contributed by atoms with Gasteiger partial charge in [-0.2, -0.15) is 5.10 Å². The second-order valence-corrected chi connectivity index (χ2v) is 13.5. The van der Waals surface area contributed by atoms with Crippen molar-refractivity contribution in [2.45, 2.75) is 83.5 Å². The molecule has 0 spiro atoms. The Bertz CT molecular complexity index is 1460. The highest BCUT2D eigenvalue weighted by Gasteiger charge is 2.48. The normalized spacial score (nSPS) is 20.2. The van der Waals surface area contributed by atoms with Crippen LogP contribution < -0.4 is 16.0 Å². The molecule has 0 radical (unpaired) electrons. The first-order valence-electron chi connectivity index (χ1n) is 17.3. The first kappa shape index (κ1) is 35.5. The smallest absolute Gasteiger partial charge is 0.270 e. The van der Waals surface area contributed by atoms with E-state index in [1.54, 1.807) is 48.9 Å². The maximum absolute atomic E-state index is 15.8. The summed E-state index contributed by atoms with van der Waals surface area (Å²) in [6, 6.07) is 4.38. The molecule has 4 amide bonds. The van der Waals surface area contributed by atoms with Crippen molar-refractivity contribution in [2.24, 2.45) is 17.8 Å². The molecule has 48 heavy (non-hydrogen) atoms. The zero-order valence-corrected chi connectivity index (χ0v) is 28.7. The van der Waals surface area contributed by atoms with Gasteiger partial charge in [-0.1, -0.05) is 19.9 Å². The number of carbonyl (C=O) groups is 4. The van der Waals surface area contributed by atoms with Gasteiger partial charge in [0.1, 0.15) is 23.6 Å². The number of rotatable bonds is 15. The number of likely N-dealkylation sites (N-methyl/N-ethyl adjacent to an activating group) is 1. The Labute approximate surface area is 282 Å². The summed E-state index contributed by atoms with van der Waals surface area (Å²) in [6.45, 7) is 7.99. The van der Waals surface area contributed by atoms with Crippen molar-refractivity contribution in [3.63, 3.8) is 0 Å². The Morgan fingerprint density at radius 2 is 1.73 bits per heavy atom. The molecule has 2 saturated carbocycles. The Balaban J connectivity index is 1.33. The fraction of sp³-hybridized carbons (Fsp3) is 0.629. The highest BCUT2D eigenvalue weighted by molar-refractivity contribution is 6.01. The SMILES string of the molecule is CCC(=O)N[C@@H](C(=O)N1CCN(C)[C@H](COC)C1)[C@@H](C)c1ccc(NC(=O)[C@@H](NC(=O)c2ccnn2CC)C(C2CC2)C2CC2)c(F)c1. The fourth-order valence-electron chi connectivity index (χ4n) is 6.93. The fourth-order valence-corrected chi connectivity index (χ4v) is 6.93. The minimum atomic E-state index is -0.905. The monoisotopic (exact) mass is 667 g/mol. The van der Waals surface area contributed by atoms with E-state index in [0.29, 0.717) is 55.9 Å². The third kappa shape index (κ3) is 8.23. The van der Waals surface area contributed by atoms with Crippen LogP contribution in [0, 0.1) is 23.6 Å². The van der Waals surface area contributed by atoms with E-state index >= 15 is 4.39 Å². The summed E-state index contributed by atoms with van der Waals surface area (Å²) in [4.78, 5) is 57.5. The summed E-state index contributed by atoms with van der Waals surface area (Å²) < 4.78 is 22.7. The number of piperazine rings is 1. The molecule has 262 valence electrons. The van der Waals surface area contributed by atoms with Crippen molar-refractivity contribution in [1.82, 2.24) is 30.2 Å². The van der Waals surface area contributed by atoms with Crippen LogP contribution in [0.2, 0.25) is 0 Å². The van der Waals surface area contributed by atoms with Crippen LogP contribution in [0.15, 0.2) is 30.5 Å². The van der Waals surface area contributed by atoms with E-state index in [1.807, 2.05) is 14.0 Å². The molecule has 0 unspecified atom stereocenters. The van der Waals surface area contributed by atoms with Crippen LogP contribution in [0.5, 0.6) is 0 Å². The summed E-state index contributed by atoms with van der Waals surface area (Å²) in [5, 5.41) is 12.8. The number of hydrogen-bond donors (Lipinski definition) is 3. The van der Waals surface area contributed by atoms with Crippen molar-refractivity contribution < 1.29 is 28.3 Å². The van der Waals surface area contributed by atoms with Crippen molar-refractivity contribution in [3.8, 4) is 0 Å². The van der Waals surface area contributed by atoms with Gasteiger partial charge >= 0.3 is 0 Å². The number of carbonyl (C=O) groups excluding carboxylic acids is 4. The van der Waals surface area contributed by atoms with Gasteiger partial charge in [0, 0.05) is 51.8 Å². The van der Waals surface area contributed by atoms with Gasteiger partial charge in [0.25, 0.3) is 5.91 Å². The number of halogens is 1. The molecule has 3 aliphatic rings. The molecule has 12 nitrogen and oxygen atoms in total. The summed E-state index contributed by atoms with van der Waals surface area (Å²) in [7, 11) is 3.61. The molecular formula is C35H50FN7O5. The number of ether oxygens (including phenoxy) is 1. The standard InChI is InChI=1S/C35H50FN7O5/c1-6-29(44)39-31(35(47)42-17-16-41(4)25(19-42)20-48-5)21(3)24-12-13-27(26(36)18-24)38-34(46)32(30(22-8-9-22)23-10-11-23)40-33(45)28-14-15-37-43(28)7-2/h12-15,18,21-23,25,30-32H,6-11,16-17,19-20H2,1-5H3,(H,38,46)(H,39,44)(H,40,45)/t21-,25-,31+,32-/m0/s1. The van der Waals surface area contributed by atoms with Gasteiger partial charge in [-0.3, -0.25) is 28.8 Å². The number of nitrogens with zero attached hydrogens (tertiary/aromatic N) is 4. The number of amides is 4. The average Bonchev–Trinajstić information content (AvgIpc) is 4.03. The first-order chi connectivity index (χ1) is 23.1. The quantitative estimate of drug-likeness (QED) is 0.266. The van der Waals surface area contributed by atoms with Gasteiger partial charge in [-0.05, 0) is 81.2 Å². The number of anilines is 1. The lowest BCUT2D eigenvalue weighted by Crippen LogP contribution is -2.59. The van der Waals surface area contributed by atoms with E-state index in [4.69, 9.17) is 4.74 Å². The Morgan fingerprint density at radius 3 is 2.33 bits per heavy atom. The van der Waals surface area contributed by atoms with Gasteiger partial charge in [0.15, 0.2) is 0 Å². The number of aryl methyl sites for hydroxylation is 1. The largest absolute Gasteiger partial charge is 0.383 e. The van der Waals surface area contributed by atoms with E-state index in [-0.39, 0.29) is 41.8 Å². The second kappa shape index (κ2) is 15.6. The van der Waals surface area contributed by atoms with Gasteiger partial charge < -0.3 is 25.6 Å². The van der Waals surface area contributed by atoms with Crippen LogP contribution in [0.4, 0.5) is 10.1 Å². The molecule has 1 aromatic heterocycles. The molecule has 1 aliphatic heterocycles. The molecule has 1 saturated heterocycles. The van der Waals surface area contributed by atoms with E-state index in [9.17, 15) is 19.2 Å². The Morgan fingerprint density at radius 1 is 1.02 bits per heavy atom. The van der Waals surface area contributed by atoms with Gasteiger partial charge in [-0.25, -0.2) is 4.39 Å². The van der Waals surface area contributed by atoms with Crippen molar-refractivity contribution in [3.05, 3.63) is 47.5 Å². The number of hydrogen-bond acceptors (Lipinski definition) is 7. The predicted molar refractivity (Wildman–Crippen MR) is 179 cm³/mol. The molecule has 5 rings (SSSR count). The molecule has 2 aliphatic carbocycles. The summed E-state index contributed by atoms with van der Waals surface area (Å²) in [6.07, 6.45) is 5.77. The summed E-state index contributed by atoms with van der Waals surface area (Å²) >= 11 is 0. The highest BCUT2D eigenvalue weighted by atomic mass is 19.1. The van der Waals surface area contributed by atoms with Crippen LogP contribution in [0.3, 0.4) is 0 Å². The molecule has 13 heteroatoms. The maximum atomic E-state index is 15.8. The predicted octanol–water partition coefficient (Wildman–Crippen LogP) is 3.00. The zero-order valence-electron chi connectivity index (χ0n) is 28.7. The third-order valence-electron chi connectivity index (χ3n) is 10.2. The number of methoxy groups -OCH3 is 1. The number of benzene rings is 1. The Hall–Kier alpha value is -3.84. The van der Waals surface area contributed by atoms with Gasteiger partial charge in [0.05, 0.1) is 18.3 Å². The van der Waals surface area contributed by atoms with E-state index in [2.05, 4.69) is 25.9 Å². The molecule has 4 atom stereocenters. The third-order valence-corrected chi connectivity index (χ3v) is 10.2. The van der Waals surface area contributed by atoms with Crippen molar-refractivity contribution in [1.29, 1.82) is 0 Å². The van der Waals surface area contributed by atoms with Crippen molar-refractivity contribution in [2.75, 3.05) is 45.7 Å². The summed E-state index contributed by atoms with van der Waals surface area (Å²) in [5.41, 5.74) is 0.866. The van der Waals surface area contributed by atoms with Crippen LogP contribution in [-0.2, 0) is 25.7 Å². The Kier molecular flexibility index (Phi) is 11.5. The molecular weight excluding hydrogens is 617 g/mol. The van der Waals surface area contributed by atoms with Crippen LogP contribution in [-0.4, -0.2) is 102 Å². The lowest BCUT2D eigenvalue weighted by atomic mass is 9.88. The molecule has 3 fully saturated rings. The van der Waals surface area contributed by atoms with E-state index < -0.39 is 29.7 Å². The molecule has 1 aromatic carbocycles. The minimum absolute atomic E-state index is 0.0129. The highest BCUT2D eigenvalue weighted by Crippen LogP contribution is 2.51. The average molecular weight is 668 g/mol. The van der Waals surface area contributed by atoms with Crippen LogP contribution in [0.1, 0.15) is 74.8 Å². The summed E-state index contributed by atoms with van der Waals surface area (Å²) in [5.74, 6) is -1.91. The van der Waals surface area contributed by atoms with Crippen molar-refractivity contribution >= 4 is 29.3 Å². The topological polar surface area (TPSA) is 138 Å². The van der Waals surface area contributed by atoms with E-state index in [1.165, 1.54) is 12.1 Å². The minimum Gasteiger partial charge on any atom is -0.383 e. The van der Waals surface area contributed by atoms with Gasteiger partial charge in [0.2, 0.25) is 17.7 Å². The first-order valence-corrected chi connectivity index (χ1v) is 17.3. The lowest BCUT2D eigenvalue weighted by molar-refractivity contribution is -0.139. The zero-order chi connectivity index (χ0) is 34.5. The van der Waals surface area contributed by atoms with Crippen LogP contribution in [0.25, 0.3) is 0 Å². The maximum Gasteiger partial charge on any atom is 0.270 e. The molecule has 2 aromatic rings. The lowest BCUT2D eigenvalue weighted by Gasteiger charge is -2.41. The van der Waals surface area contributed by atoms with E-state index in [0.717, 1.165) is 25.7 Å². The van der Waals surface area contributed by atoms with Crippen LogP contribution >= 0.6 is 0 Å².